The zero-order chi connectivity index (χ0) is 6.15. The monoisotopic (exact) mass is 116 g/mol. The summed E-state index contributed by atoms with van der Waals surface area (Å²) in [5, 5.41) is 16.8. The molecule has 3 heteroatoms. The fourth-order valence-electron chi connectivity index (χ4n) is 0.614. The van der Waals surface area contributed by atoms with Gasteiger partial charge in [-0.3, -0.25) is 0 Å². The summed E-state index contributed by atoms with van der Waals surface area (Å²) in [6.45, 7) is 0. The second-order valence-electron chi connectivity index (χ2n) is 2.12. The molecule has 0 heterocycles. The van der Waals surface area contributed by atoms with Crippen LogP contribution in [0, 0.1) is 5.92 Å². The number of hydrogen-bond acceptors (Lipinski definition) is 2. The SMILES string of the molecule is O=C(O)C(O)C1CC1. The van der Waals surface area contributed by atoms with E-state index in [9.17, 15) is 4.79 Å². The molecule has 1 saturated carbocycles. The average molecular weight is 116 g/mol. The predicted molar refractivity (Wildman–Crippen MR) is 26.4 cm³/mol. The van der Waals surface area contributed by atoms with E-state index in [1.807, 2.05) is 0 Å². The lowest BCUT2D eigenvalue weighted by molar-refractivity contribution is -0.147. The van der Waals surface area contributed by atoms with Crippen LogP contribution < -0.4 is 0 Å². The van der Waals surface area contributed by atoms with E-state index in [0.29, 0.717) is 0 Å². The van der Waals surface area contributed by atoms with E-state index in [0.717, 1.165) is 12.8 Å². The van der Waals surface area contributed by atoms with Gasteiger partial charge in [0.05, 0.1) is 0 Å². The third-order valence-corrected chi connectivity index (χ3v) is 1.32. The van der Waals surface area contributed by atoms with Gasteiger partial charge in [0.2, 0.25) is 0 Å². The molecule has 1 aliphatic carbocycles. The fourth-order valence-corrected chi connectivity index (χ4v) is 0.614. The molecule has 1 fully saturated rings. The summed E-state index contributed by atoms with van der Waals surface area (Å²) in [5.74, 6) is -1.04. The summed E-state index contributed by atoms with van der Waals surface area (Å²) in [6.07, 6.45) is 0.635. The van der Waals surface area contributed by atoms with Crippen LogP contribution in [0.5, 0.6) is 0 Å². The van der Waals surface area contributed by atoms with Gasteiger partial charge in [0, 0.05) is 0 Å². The van der Waals surface area contributed by atoms with Gasteiger partial charge in [-0.2, -0.15) is 0 Å². The standard InChI is InChI=1S/C5H8O3/c6-4(5(7)8)3-1-2-3/h3-4,6H,1-2H2,(H,7,8). The van der Waals surface area contributed by atoms with E-state index in [2.05, 4.69) is 0 Å². The van der Waals surface area contributed by atoms with Crippen molar-refractivity contribution in [3.63, 3.8) is 0 Å². The molecule has 0 amide bonds. The second-order valence-corrected chi connectivity index (χ2v) is 2.12. The minimum atomic E-state index is -1.10. The van der Waals surface area contributed by atoms with Crippen molar-refractivity contribution in [2.75, 3.05) is 0 Å². The van der Waals surface area contributed by atoms with E-state index >= 15 is 0 Å². The van der Waals surface area contributed by atoms with Crippen LogP contribution in [-0.2, 0) is 4.79 Å². The largest absolute Gasteiger partial charge is 0.479 e. The molecule has 0 aromatic rings. The first-order chi connectivity index (χ1) is 3.72. The molecule has 1 atom stereocenters. The van der Waals surface area contributed by atoms with Gasteiger partial charge in [0.25, 0.3) is 0 Å². The van der Waals surface area contributed by atoms with Gasteiger partial charge in [0.15, 0.2) is 6.10 Å². The highest BCUT2D eigenvalue weighted by molar-refractivity contribution is 5.72. The zero-order valence-corrected chi connectivity index (χ0v) is 4.37. The van der Waals surface area contributed by atoms with E-state index in [4.69, 9.17) is 10.2 Å². The van der Waals surface area contributed by atoms with Gasteiger partial charge in [-0.1, -0.05) is 0 Å². The number of aliphatic hydroxyl groups excluding tert-OH is 1. The molecule has 0 spiro atoms. The average Bonchev–Trinajstić information content (AvgIpc) is 2.43. The zero-order valence-electron chi connectivity index (χ0n) is 4.37. The van der Waals surface area contributed by atoms with Crippen LogP contribution in [0.25, 0.3) is 0 Å². The van der Waals surface area contributed by atoms with E-state index in [1.165, 1.54) is 0 Å². The Bertz CT molecular complexity index is 106. The van der Waals surface area contributed by atoms with E-state index in [-0.39, 0.29) is 5.92 Å². The molecule has 0 radical (unpaired) electrons. The number of aliphatic hydroxyl groups is 1. The molecular weight excluding hydrogens is 108 g/mol. The van der Waals surface area contributed by atoms with Crippen LogP contribution in [-0.4, -0.2) is 22.3 Å². The van der Waals surface area contributed by atoms with Gasteiger partial charge in [-0.15, -0.1) is 0 Å². The third kappa shape index (κ3) is 0.980. The molecule has 1 unspecified atom stereocenters. The van der Waals surface area contributed by atoms with Crippen LogP contribution in [0.1, 0.15) is 12.8 Å². The van der Waals surface area contributed by atoms with Crippen molar-refractivity contribution in [1.82, 2.24) is 0 Å². The Balaban J connectivity index is 2.32. The number of hydrogen-bond donors (Lipinski definition) is 2. The summed E-state index contributed by atoms with van der Waals surface area (Å²) in [5.41, 5.74) is 0. The lowest BCUT2D eigenvalue weighted by Crippen LogP contribution is -2.21. The first-order valence-electron chi connectivity index (χ1n) is 2.62. The molecule has 46 valence electrons. The van der Waals surface area contributed by atoms with Gasteiger partial charge >= 0.3 is 5.97 Å². The van der Waals surface area contributed by atoms with Crippen molar-refractivity contribution in [3.8, 4) is 0 Å². The number of carboxylic acid groups (broad SMARTS) is 1. The summed E-state index contributed by atoms with van der Waals surface area (Å²) in [7, 11) is 0. The van der Waals surface area contributed by atoms with Crippen molar-refractivity contribution in [2.45, 2.75) is 18.9 Å². The highest BCUT2D eigenvalue weighted by Crippen LogP contribution is 2.32. The maximum atomic E-state index is 9.93. The van der Waals surface area contributed by atoms with Gasteiger partial charge in [-0.05, 0) is 18.8 Å². The highest BCUT2D eigenvalue weighted by Gasteiger charge is 2.34. The van der Waals surface area contributed by atoms with Gasteiger partial charge in [0.1, 0.15) is 0 Å². The third-order valence-electron chi connectivity index (χ3n) is 1.32. The van der Waals surface area contributed by atoms with Crippen LogP contribution in [0.2, 0.25) is 0 Å². The Hall–Kier alpha value is -0.570. The van der Waals surface area contributed by atoms with Crippen molar-refractivity contribution in [1.29, 1.82) is 0 Å². The summed E-state index contributed by atoms with van der Waals surface area (Å²) < 4.78 is 0. The topological polar surface area (TPSA) is 57.5 Å². The lowest BCUT2D eigenvalue weighted by Gasteiger charge is -1.98. The van der Waals surface area contributed by atoms with E-state index in [1.54, 1.807) is 0 Å². The highest BCUT2D eigenvalue weighted by atomic mass is 16.4. The number of aliphatic carboxylic acids is 1. The number of rotatable bonds is 2. The number of carbonyl (C=O) groups is 1. The fraction of sp³-hybridized carbons (Fsp3) is 0.800. The molecule has 1 rings (SSSR count). The smallest absolute Gasteiger partial charge is 0.332 e. The molecule has 1 aliphatic rings. The Kier molecular flexibility index (Phi) is 1.21. The molecule has 3 nitrogen and oxygen atoms in total. The second kappa shape index (κ2) is 1.74. The lowest BCUT2D eigenvalue weighted by atomic mass is 10.2. The predicted octanol–water partition coefficient (Wildman–Crippen LogP) is -0.158. The summed E-state index contributed by atoms with van der Waals surface area (Å²) in [4.78, 5) is 9.93. The molecule has 0 aliphatic heterocycles. The van der Waals surface area contributed by atoms with Crippen molar-refractivity contribution in [3.05, 3.63) is 0 Å². The summed E-state index contributed by atoms with van der Waals surface area (Å²) in [6, 6.07) is 0. The minimum absolute atomic E-state index is 0.0486. The van der Waals surface area contributed by atoms with Gasteiger partial charge < -0.3 is 10.2 Å². The number of carboxylic acids is 1. The van der Waals surface area contributed by atoms with Crippen molar-refractivity contribution >= 4 is 5.97 Å². The molecule has 0 bridgehead atoms. The van der Waals surface area contributed by atoms with Crippen LogP contribution in [0.4, 0.5) is 0 Å². The molecule has 2 N–H and O–H groups in total. The Labute approximate surface area is 46.9 Å². The molecule has 0 saturated heterocycles. The molecule has 0 aromatic carbocycles. The van der Waals surface area contributed by atoms with Crippen LogP contribution in [0.3, 0.4) is 0 Å². The van der Waals surface area contributed by atoms with Crippen LogP contribution in [0.15, 0.2) is 0 Å². The van der Waals surface area contributed by atoms with Crippen molar-refractivity contribution in [2.24, 2.45) is 5.92 Å². The van der Waals surface area contributed by atoms with Crippen molar-refractivity contribution < 1.29 is 15.0 Å². The Morgan fingerprint density at radius 3 is 2.25 bits per heavy atom. The summed E-state index contributed by atoms with van der Waals surface area (Å²) >= 11 is 0. The van der Waals surface area contributed by atoms with Crippen LogP contribution >= 0.6 is 0 Å². The minimum Gasteiger partial charge on any atom is -0.479 e. The van der Waals surface area contributed by atoms with E-state index < -0.39 is 12.1 Å². The first-order valence-corrected chi connectivity index (χ1v) is 2.62. The maximum Gasteiger partial charge on any atom is 0.332 e. The van der Waals surface area contributed by atoms with Gasteiger partial charge in [-0.25, -0.2) is 4.79 Å². The molecule has 8 heavy (non-hydrogen) atoms. The molecule has 0 aromatic heterocycles. The Morgan fingerprint density at radius 2 is 2.12 bits per heavy atom. The quantitative estimate of drug-likeness (QED) is 0.527. The normalized spacial score (nSPS) is 22.6. The first kappa shape index (κ1) is 5.56. The molecular formula is C5H8O3. The maximum absolute atomic E-state index is 9.93. The Morgan fingerprint density at radius 1 is 1.62 bits per heavy atom.